The van der Waals surface area contributed by atoms with Gasteiger partial charge >= 0.3 is 12.1 Å². The van der Waals surface area contributed by atoms with Gasteiger partial charge in [-0.05, 0) is 36.4 Å². The molecule has 0 aliphatic rings. The molecule has 2 rings (SSSR count). The van der Waals surface area contributed by atoms with Crippen molar-refractivity contribution in [1.29, 1.82) is 0 Å². The maximum atomic E-state index is 12.8. The van der Waals surface area contributed by atoms with Gasteiger partial charge in [0.05, 0.1) is 21.0 Å². The van der Waals surface area contributed by atoms with Crippen LogP contribution in [0.25, 0.3) is 0 Å². The quantitative estimate of drug-likeness (QED) is 0.725. The van der Waals surface area contributed by atoms with Crippen molar-refractivity contribution in [1.82, 2.24) is 0 Å². The van der Waals surface area contributed by atoms with Crippen LogP contribution in [0, 0.1) is 0 Å². The molecule has 0 spiro atoms. The topological polar surface area (TPSA) is 89.5 Å². The van der Waals surface area contributed by atoms with Gasteiger partial charge in [-0.1, -0.05) is 17.7 Å². The molecular formula is C17H13ClF3NO5S. The lowest BCUT2D eigenvalue weighted by Gasteiger charge is -2.12. The first-order valence-electron chi connectivity index (χ1n) is 7.52. The first-order chi connectivity index (χ1) is 12.9. The lowest BCUT2D eigenvalue weighted by Crippen LogP contribution is -2.21. The third kappa shape index (κ3) is 5.70. The van der Waals surface area contributed by atoms with Gasteiger partial charge < -0.3 is 10.1 Å². The van der Waals surface area contributed by atoms with Crippen molar-refractivity contribution in [3.63, 3.8) is 0 Å². The Kier molecular flexibility index (Phi) is 6.35. The van der Waals surface area contributed by atoms with Gasteiger partial charge in [0.2, 0.25) is 0 Å². The van der Waals surface area contributed by atoms with Crippen LogP contribution in [0.2, 0.25) is 5.02 Å². The summed E-state index contributed by atoms with van der Waals surface area (Å²) in [6.07, 6.45) is -3.73. The summed E-state index contributed by atoms with van der Waals surface area (Å²) in [6.45, 7) is -0.786. The molecule has 0 fully saturated rings. The second kappa shape index (κ2) is 8.19. The molecule has 0 radical (unpaired) electrons. The Labute approximate surface area is 163 Å². The number of esters is 1. The summed E-state index contributed by atoms with van der Waals surface area (Å²) in [5, 5.41) is 1.63. The van der Waals surface area contributed by atoms with Crippen molar-refractivity contribution in [3.8, 4) is 0 Å². The molecule has 0 aliphatic heterocycles. The van der Waals surface area contributed by atoms with Gasteiger partial charge in [-0.2, -0.15) is 13.2 Å². The van der Waals surface area contributed by atoms with Crippen molar-refractivity contribution in [2.45, 2.75) is 11.1 Å². The molecule has 0 atom stereocenters. The molecule has 0 unspecified atom stereocenters. The van der Waals surface area contributed by atoms with Gasteiger partial charge in [-0.3, -0.25) is 4.79 Å². The summed E-state index contributed by atoms with van der Waals surface area (Å²) in [5.41, 5.74) is -1.40. The molecular weight excluding hydrogens is 423 g/mol. The molecule has 0 saturated heterocycles. The van der Waals surface area contributed by atoms with E-state index < -0.39 is 45.1 Å². The molecule has 6 nitrogen and oxygen atoms in total. The van der Waals surface area contributed by atoms with Crippen molar-refractivity contribution in [2.75, 3.05) is 18.2 Å². The minimum atomic E-state index is -4.70. The molecule has 1 N–H and O–H groups in total. The summed E-state index contributed by atoms with van der Waals surface area (Å²) >= 11 is 5.49. The molecule has 0 aromatic heterocycles. The number of ether oxygens (including phenoxy) is 1. The van der Waals surface area contributed by atoms with Crippen LogP contribution in [0.5, 0.6) is 0 Å². The second-order valence-corrected chi connectivity index (χ2v) is 8.04. The number of rotatable bonds is 5. The summed E-state index contributed by atoms with van der Waals surface area (Å²) in [6, 6.07) is 7.79. The number of alkyl halides is 3. The van der Waals surface area contributed by atoms with E-state index in [-0.39, 0.29) is 16.1 Å². The van der Waals surface area contributed by atoms with Crippen LogP contribution >= 0.6 is 11.6 Å². The van der Waals surface area contributed by atoms with E-state index >= 15 is 0 Å². The molecule has 150 valence electrons. The molecule has 0 heterocycles. The number of nitrogens with one attached hydrogen (secondary N) is 1. The fourth-order valence-electron chi connectivity index (χ4n) is 2.09. The summed E-state index contributed by atoms with van der Waals surface area (Å²) in [5.74, 6) is -1.85. The maximum absolute atomic E-state index is 12.8. The Morgan fingerprint density at radius 1 is 1.14 bits per heavy atom. The highest BCUT2D eigenvalue weighted by Gasteiger charge is 2.33. The lowest BCUT2D eigenvalue weighted by molar-refractivity contribution is -0.137. The first-order valence-corrected chi connectivity index (χ1v) is 9.79. The largest absolute Gasteiger partial charge is 0.452 e. The highest BCUT2D eigenvalue weighted by molar-refractivity contribution is 7.90. The van der Waals surface area contributed by atoms with Gasteiger partial charge in [-0.15, -0.1) is 0 Å². The molecule has 0 aliphatic carbocycles. The van der Waals surface area contributed by atoms with E-state index in [2.05, 4.69) is 5.32 Å². The van der Waals surface area contributed by atoms with Gasteiger partial charge in [0, 0.05) is 11.9 Å². The van der Waals surface area contributed by atoms with Gasteiger partial charge in [-0.25, -0.2) is 13.2 Å². The fourth-order valence-corrected chi connectivity index (χ4v) is 2.98. The predicted molar refractivity (Wildman–Crippen MR) is 94.9 cm³/mol. The number of sulfone groups is 1. The molecule has 2 aromatic carbocycles. The number of benzene rings is 2. The first kappa shape index (κ1) is 21.7. The number of carbonyl (C=O) groups excluding carboxylic acids is 2. The van der Waals surface area contributed by atoms with E-state index in [1.807, 2.05) is 0 Å². The minimum absolute atomic E-state index is 0.0958. The van der Waals surface area contributed by atoms with Crippen LogP contribution in [0.1, 0.15) is 15.9 Å². The van der Waals surface area contributed by atoms with Gasteiger partial charge in [0.25, 0.3) is 5.91 Å². The van der Waals surface area contributed by atoms with Crippen molar-refractivity contribution in [2.24, 2.45) is 0 Å². The van der Waals surface area contributed by atoms with Crippen molar-refractivity contribution in [3.05, 3.63) is 58.6 Å². The average molecular weight is 436 g/mol. The maximum Gasteiger partial charge on any atom is 0.417 e. The molecule has 1 amide bonds. The van der Waals surface area contributed by atoms with E-state index in [0.29, 0.717) is 6.07 Å². The van der Waals surface area contributed by atoms with E-state index in [1.165, 1.54) is 18.2 Å². The molecule has 11 heteroatoms. The zero-order valence-electron chi connectivity index (χ0n) is 14.2. The highest BCUT2D eigenvalue weighted by Crippen LogP contribution is 2.36. The number of hydrogen-bond acceptors (Lipinski definition) is 5. The summed E-state index contributed by atoms with van der Waals surface area (Å²) in [4.78, 5) is 23.7. The van der Waals surface area contributed by atoms with Crippen molar-refractivity contribution < 1.29 is 35.9 Å². The Morgan fingerprint density at radius 3 is 2.43 bits per heavy atom. The number of carbonyl (C=O) groups is 2. The Morgan fingerprint density at radius 2 is 1.82 bits per heavy atom. The summed E-state index contributed by atoms with van der Waals surface area (Å²) in [7, 11) is -3.54. The highest BCUT2D eigenvalue weighted by atomic mass is 35.5. The van der Waals surface area contributed by atoms with E-state index in [4.69, 9.17) is 16.3 Å². The number of anilines is 1. The molecule has 0 saturated carbocycles. The minimum Gasteiger partial charge on any atom is -0.452 e. The standard InChI is InChI=1S/C17H13ClF3NO5S/c1-28(25,26)12-4-2-3-10(7-12)16(24)27-9-15(23)22-11-5-6-14(18)13(8-11)17(19,20)21/h2-8H,9H2,1H3,(H,22,23). The van der Waals surface area contributed by atoms with Crippen LogP contribution < -0.4 is 5.32 Å². The molecule has 28 heavy (non-hydrogen) atoms. The monoisotopic (exact) mass is 435 g/mol. The van der Waals surface area contributed by atoms with E-state index in [0.717, 1.165) is 24.5 Å². The fraction of sp³-hybridized carbons (Fsp3) is 0.176. The van der Waals surface area contributed by atoms with E-state index in [1.54, 1.807) is 0 Å². The lowest BCUT2D eigenvalue weighted by atomic mass is 10.2. The third-order valence-electron chi connectivity index (χ3n) is 3.39. The van der Waals surface area contributed by atoms with Crippen LogP contribution in [0.15, 0.2) is 47.4 Å². The average Bonchev–Trinajstić information content (AvgIpc) is 2.59. The third-order valence-corrected chi connectivity index (χ3v) is 4.83. The van der Waals surface area contributed by atoms with E-state index in [9.17, 15) is 31.2 Å². The number of halogens is 4. The Hall–Kier alpha value is -2.59. The van der Waals surface area contributed by atoms with Crippen LogP contribution in [0.3, 0.4) is 0 Å². The SMILES string of the molecule is CS(=O)(=O)c1cccc(C(=O)OCC(=O)Nc2ccc(Cl)c(C(F)(F)F)c2)c1. The zero-order chi connectivity index (χ0) is 21.1. The normalized spacial score (nSPS) is 11.8. The Balaban J connectivity index is 2.02. The second-order valence-electron chi connectivity index (χ2n) is 5.62. The molecule has 2 aromatic rings. The summed E-state index contributed by atoms with van der Waals surface area (Å²) < 4.78 is 66.2. The number of hydrogen-bond donors (Lipinski definition) is 1. The predicted octanol–water partition coefficient (Wildman–Crippen LogP) is 3.56. The zero-order valence-corrected chi connectivity index (χ0v) is 15.8. The smallest absolute Gasteiger partial charge is 0.417 e. The van der Waals surface area contributed by atoms with Crippen molar-refractivity contribution >= 4 is 39.0 Å². The van der Waals surface area contributed by atoms with Gasteiger partial charge in [0.15, 0.2) is 16.4 Å². The number of amides is 1. The van der Waals surface area contributed by atoms with Crippen LogP contribution in [-0.2, 0) is 25.5 Å². The molecule has 0 bridgehead atoms. The van der Waals surface area contributed by atoms with Crippen LogP contribution in [-0.4, -0.2) is 33.2 Å². The Bertz CT molecular complexity index is 1020. The van der Waals surface area contributed by atoms with Gasteiger partial charge in [0.1, 0.15) is 0 Å². The van der Waals surface area contributed by atoms with Crippen LogP contribution in [0.4, 0.5) is 18.9 Å².